The number of aromatic nitrogens is 2. The largest absolute Gasteiger partial charge is 0.252 e. The zero-order valence-corrected chi connectivity index (χ0v) is 7.30. The molecule has 2 nitrogen and oxygen atoms in total. The van der Waals surface area contributed by atoms with E-state index in [9.17, 15) is 0 Å². The summed E-state index contributed by atoms with van der Waals surface area (Å²) in [5, 5.41) is 0. The monoisotopic (exact) mass is 171 g/mol. The quantitative estimate of drug-likeness (QED) is 0.624. The molecule has 0 unspecified atom stereocenters. The third-order valence-electron chi connectivity index (χ3n) is 1.90. The highest BCUT2D eigenvalue weighted by atomic mass is 14.9. The highest BCUT2D eigenvalue weighted by Crippen LogP contribution is 1.96. The van der Waals surface area contributed by atoms with Crippen LogP contribution in [0.25, 0.3) is 0 Å². The highest BCUT2D eigenvalue weighted by molar-refractivity contribution is 5.13. The van der Waals surface area contributed by atoms with Gasteiger partial charge in [0.1, 0.15) is 0 Å². The van der Waals surface area contributed by atoms with Crippen LogP contribution in [0.15, 0.2) is 55.1 Å². The Morgan fingerprint density at radius 2 is 1.69 bits per heavy atom. The Balaban J connectivity index is 2.16. The predicted octanol–water partition coefficient (Wildman–Crippen LogP) is 1.42. The van der Waals surface area contributed by atoms with Crippen LogP contribution in [0, 0.1) is 0 Å². The van der Waals surface area contributed by atoms with E-state index in [1.54, 1.807) is 12.4 Å². The Labute approximate surface area is 77.5 Å². The molecule has 1 aromatic carbocycles. The van der Waals surface area contributed by atoms with E-state index >= 15 is 0 Å². The number of rotatable bonds is 2. The summed E-state index contributed by atoms with van der Waals surface area (Å²) in [6.45, 7) is 0.906. The van der Waals surface area contributed by atoms with Crippen molar-refractivity contribution in [2.45, 2.75) is 6.54 Å². The van der Waals surface area contributed by atoms with E-state index in [0.29, 0.717) is 0 Å². The Hall–Kier alpha value is -1.70. The Bertz CT molecular complexity index is 319. The molecule has 64 valence electrons. The molecule has 0 saturated heterocycles. The first-order valence-corrected chi connectivity index (χ1v) is 4.28. The van der Waals surface area contributed by atoms with Gasteiger partial charge in [-0.3, -0.25) is 4.98 Å². The molecule has 1 heterocycles. The second kappa shape index (κ2) is 3.81. The van der Waals surface area contributed by atoms with Gasteiger partial charge >= 0.3 is 0 Å². The molecule has 0 saturated carbocycles. The van der Waals surface area contributed by atoms with Crippen LogP contribution in [-0.4, -0.2) is 4.98 Å². The Morgan fingerprint density at radius 1 is 1.00 bits per heavy atom. The van der Waals surface area contributed by atoms with Crippen LogP contribution in [-0.2, 0) is 6.54 Å². The van der Waals surface area contributed by atoms with Crippen molar-refractivity contribution in [1.29, 1.82) is 0 Å². The van der Waals surface area contributed by atoms with Gasteiger partial charge in [0.2, 0.25) is 0 Å². The van der Waals surface area contributed by atoms with Crippen LogP contribution < -0.4 is 4.57 Å². The molecule has 0 amide bonds. The first-order valence-electron chi connectivity index (χ1n) is 4.28. The van der Waals surface area contributed by atoms with E-state index < -0.39 is 0 Å². The minimum Gasteiger partial charge on any atom is -0.252 e. The number of benzene rings is 1. The summed E-state index contributed by atoms with van der Waals surface area (Å²) in [6.07, 6.45) is 7.52. The minimum absolute atomic E-state index is 0.906. The zero-order chi connectivity index (χ0) is 8.93. The summed E-state index contributed by atoms with van der Waals surface area (Å²) in [7, 11) is 0. The van der Waals surface area contributed by atoms with Gasteiger partial charge in [-0.05, 0) is 0 Å². The van der Waals surface area contributed by atoms with E-state index in [4.69, 9.17) is 0 Å². The van der Waals surface area contributed by atoms with E-state index in [1.165, 1.54) is 5.56 Å². The summed E-state index contributed by atoms with van der Waals surface area (Å²) in [5.41, 5.74) is 1.30. The van der Waals surface area contributed by atoms with Crippen LogP contribution in [0.4, 0.5) is 0 Å². The predicted molar refractivity (Wildman–Crippen MR) is 50.0 cm³/mol. The molecule has 0 atom stereocenters. The number of hydrogen-bond donors (Lipinski definition) is 0. The molecule has 0 fully saturated rings. The average molecular weight is 171 g/mol. The molecule has 0 aliphatic rings. The van der Waals surface area contributed by atoms with E-state index in [-0.39, 0.29) is 0 Å². The van der Waals surface area contributed by atoms with Gasteiger partial charge in [0.05, 0.1) is 12.4 Å². The highest BCUT2D eigenvalue weighted by Gasteiger charge is 1.98. The smallest absolute Gasteiger partial charge is 0.187 e. The summed E-state index contributed by atoms with van der Waals surface area (Å²) >= 11 is 0. The minimum atomic E-state index is 0.906. The molecule has 0 N–H and O–H groups in total. The summed E-state index contributed by atoms with van der Waals surface area (Å²) < 4.78 is 2.10. The lowest BCUT2D eigenvalue weighted by Gasteiger charge is -1.95. The van der Waals surface area contributed by atoms with E-state index in [0.717, 1.165) is 6.54 Å². The van der Waals surface area contributed by atoms with Gasteiger partial charge < -0.3 is 0 Å². The Kier molecular flexibility index (Phi) is 2.32. The fourth-order valence-corrected chi connectivity index (χ4v) is 1.25. The standard InChI is InChI=1S/C11H11N2/c1-2-4-11(5-3-1)10-13-8-6-12-7-9-13/h1-9H,10H2/q+1. The molecule has 0 aliphatic heterocycles. The van der Waals surface area contributed by atoms with Gasteiger partial charge in [-0.15, -0.1) is 0 Å². The summed E-state index contributed by atoms with van der Waals surface area (Å²) in [4.78, 5) is 3.97. The first kappa shape index (κ1) is 7.92. The second-order valence-corrected chi connectivity index (χ2v) is 2.90. The van der Waals surface area contributed by atoms with Gasteiger partial charge in [-0.1, -0.05) is 30.3 Å². The summed E-state index contributed by atoms with van der Waals surface area (Å²) in [5.74, 6) is 0. The van der Waals surface area contributed by atoms with E-state index in [1.807, 2.05) is 18.5 Å². The van der Waals surface area contributed by atoms with Crippen LogP contribution >= 0.6 is 0 Å². The van der Waals surface area contributed by atoms with Crippen LogP contribution in [0.1, 0.15) is 5.56 Å². The maximum absolute atomic E-state index is 3.97. The molecule has 13 heavy (non-hydrogen) atoms. The lowest BCUT2D eigenvalue weighted by molar-refractivity contribution is -0.688. The van der Waals surface area contributed by atoms with Crippen molar-refractivity contribution >= 4 is 0 Å². The topological polar surface area (TPSA) is 16.8 Å². The molecule has 0 spiro atoms. The molecule has 0 bridgehead atoms. The Morgan fingerprint density at radius 3 is 2.38 bits per heavy atom. The van der Waals surface area contributed by atoms with Crippen LogP contribution in [0.2, 0.25) is 0 Å². The van der Waals surface area contributed by atoms with Gasteiger partial charge in [0.25, 0.3) is 0 Å². The van der Waals surface area contributed by atoms with Crippen molar-refractivity contribution in [1.82, 2.24) is 4.98 Å². The van der Waals surface area contributed by atoms with Crippen molar-refractivity contribution in [2.24, 2.45) is 0 Å². The van der Waals surface area contributed by atoms with E-state index in [2.05, 4.69) is 33.8 Å². The molecule has 2 heteroatoms. The van der Waals surface area contributed by atoms with Crippen molar-refractivity contribution in [3.63, 3.8) is 0 Å². The lowest BCUT2D eigenvalue weighted by Crippen LogP contribution is -2.33. The molecule has 2 rings (SSSR count). The normalized spacial score (nSPS) is 9.85. The lowest BCUT2D eigenvalue weighted by atomic mass is 10.2. The number of nitrogens with zero attached hydrogens (tertiary/aromatic N) is 2. The zero-order valence-electron chi connectivity index (χ0n) is 7.30. The van der Waals surface area contributed by atoms with Crippen molar-refractivity contribution in [3.05, 3.63) is 60.7 Å². The van der Waals surface area contributed by atoms with Crippen molar-refractivity contribution < 1.29 is 4.57 Å². The molecule has 0 aliphatic carbocycles. The fraction of sp³-hybridized carbons (Fsp3) is 0.0909. The maximum Gasteiger partial charge on any atom is 0.187 e. The molecule has 1 aromatic heterocycles. The second-order valence-electron chi connectivity index (χ2n) is 2.90. The van der Waals surface area contributed by atoms with Gasteiger partial charge in [-0.2, -0.15) is 4.57 Å². The third-order valence-corrected chi connectivity index (χ3v) is 1.90. The SMILES string of the molecule is c1ccc(C[n+]2ccncc2)cc1. The molecule has 2 aromatic rings. The van der Waals surface area contributed by atoms with Crippen molar-refractivity contribution in [2.75, 3.05) is 0 Å². The average Bonchev–Trinajstić information content (AvgIpc) is 2.21. The fourth-order valence-electron chi connectivity index (χ4n) is 1.25. The third kappa shape index (κ3) is 2.12. The van der Waals surface area contributed by atoms with Gasteiger partial charge in [0.15, 0.2) is 18.9 Å². The molecular formula is C11H11N2+. The molecule has 0 radical (unpaired) electrons. The molecular weight excluding hydrogens is 160 g/mol. The maximum atomic E-state index is 3.97. The van der Waals surface area contributed by atoms with Crippen molar-refractivity contribution in [3.8, 4) is 0 Å². The van der Waals surface area contributed by atoms with Crippen LogP contribution in [0.5, 0.6) is 0 Å². The summed E-state index contributed by atoms with van der Waals surface area (Å²) in [6, 6.07) is 10.4. The van der Waals surface area contributed by atoms with Crippen LogP contribution in [0.3, 0.4) is 0 Å². The first-order chi connectivity index (χ1) is 6.45. The van der Waals surface area contributed by atoms with Gasteiger partial charge in [0, 0.05) is 5.56 Å². The van der Waals surface area contributed by atoms with Gasteiger partial charge in [-0.25, -0.2) is 0 Å². The number of hydrogen-bond acceptors (Lipinski definition) is 1.